The van der Waals surface area contributed by atoms with Gasteiger partial charge in [0.15, 0.2) is 0 Å². The van der Waals surface area contributed by atoms with Crippen LogP contribution < -0.4 is 10.1 Å². The second-order valence-corrected chi connectivity index (χ2v) is 8.67. The van der Waals surface area contributed by atoms with E-state index in [2.05, 4.69) is 11.2 Å². The minimum atomic E-state index is -4.44. The number of rotatable bonds is 8. The molecule has 0 aliphatic heterocycles. The number of hydrogen-bond donors (Lipinski definition) is 1. The molecule has 3 aromatic carbocycles. The highest BCUT2D eigenvalue weighted by molar-refractivity contribution is 6.05. The molecule has 8 heteroatoms. The highest BCUT2D eigenvalue weighted by atomic mass is 19.4. The summed E-state index contributed by atoms with van der Waals surface area (Å²) in [5.41, 5.74) is -1.18. The summed E-state index contributed by atoms with van der Waals surface area (Å²) in [5, 5.41) is 4.10. The van der Waals surface area contributed by atoms with Crippen molar-refractivity contribution in [2.24, 2.45) is 5.41 Å². The van der Waals surface area contributed by atoms with Crippen molar-refractivity contribution in [1.82, 2.24) is 5.32 Å². The Hall–Kier alpha value is -3.99. The molecule has 1 atom stereocenters. The van der Waals surface area contributed by atoms with Gasteiger partial charge in [0.05, 0.1) is 23.1 Å². The number of terminal acetylenes is 1. The average molecular weight is 498 g/mol. The van der Waals surface area contributed by atoms with Crippen molar-refractivity contribution in [1.29, 1.82) is 0 Å². The number of carbonyl (C=O) groups is 2. The summed E-state index contributed by atoms with van der Waals surface area (Å²) in [6.07, 6.45) is 1.16. The molecule has 0 spiro atoms. The third-order valence-electron chi connectivity index (χ3n) is 5.68. The number of esters is 1. The first-order chi connectivity index (χ1) is 17.0. The lowest BCUT2D eigenvalue weighted by Crippen LogP contribution is -2.50. The molecule has 1 N–H and O–H groups in total. The van der Waals surface area contributed by atoms with E-state index in [-0.39, 0.29) is 24.5 Å². The van der Waals surface area contributed by atoms with Gasteiger partial charge in [-0.15, -0.1) is 6.42 Å². The van der Waals surface area contributed by atoms with E-state index in [1.165, 1.54) is 12.1 Å². The lowest BCUT2D eigenvalue weighted by molar-refractivity contribution is -0.147. The first-order valence-corrected chi connectivity index (χ1v) is 11.2. The number of ether oxygens (including phenoxy) is 2. The predicted octanol–water partition coefficient (Wildman–Crippen LogP) is 5.76. The lowest BCUT2D eigenvalue weighted by Gasteiger charge is -2.28. The highest BCUT2D eigenvalue weighted by Crippen LogP contribution is 2.32. The molecule has 0 aliphatic rings. The van der Waals surface area contributed by atoms with Crippen molar-refractivity contribution in [3.63, 3.8) is 0 Å². The van der Waals surface area contributed by atoms with E-state index in [1.807, 2.05) is 12.1 Å². The third-order valence-corrected chi connectivity index (χ3v) is 5.68. The van der Waals surface area contributed by atoms with Crippen molar-refractivity contribution in [3.8, 4) is 18.1 Å². The number of nitrogens with one attached hydrogen (secondary N) is 1. The fraction of sp³-hybridized carbons (Fsp3) is 0.286. The van der Waals surface area contributed by atoms with Crippen LogP contribution in [0.1, 0.15) is 42.3 Å². The number of hydrogen-bond acceptors (Lipinski definition) is 4. The van der Waals surface area contributed by atoms with Crippen LogP contribution in [0.3, 0.4) is 0 Å². The molecule has 188 valence electrons. The SMILES string of the molecule is C#CC(C)(C)C(NC(=O)c1ccc2ccccc2c1OCc1ccc(C(F)(F)F)cc1)C(=O)OCC. The summed E-state index contributed by atoms with van der Waals surface area (Å²) >= 11 is 0. The van der Waals surface area contributed by atoms with Crippen LogP contribution in [0.5, 0.6) is 5.75 Å². The topological polar surface area (TPSA) is 64.6 Å². The Labute approximate surface area is 207 Å². The smallest absolute Gasteiger partial charge is 0.416 e. The van der Waals surface area contributed by atoms with Crippen LogP contribution >= 0.6 is 0 Å². The Morgan fingerprint density at radius 3 is 2.31 bits per heavy atom. The molecule has 5 nitrogen and oxygen atoms in total. The molecule has 0 bridgehead atoms. The molecule has 3 aromatic rings. The van der Waals surface area contributed by atoms with Gasteiger partial charge in [0.2, 0.25) is 0 Å². The minimum Gasteiger partial charge on any atom is -0.487 e. The molecule has 1 amide bonds. The van der Waals surface area contributed by atoms with E-state index in [0.29, 0.717) is 10.9 Å². The molecule has 0 radical (unpaired) electrons. The Kier molecular flexibility index (Phi) is 7.93. The molecule has 0 saturated heterocycles. The zero-order chi connectivity index (χ0) is 26.5. The van der Waals surface area contributed by atoms with Crippen LogP contribution in [0.2, 0.25) is 0 Å². The van der Waals surface area contributed by atoms with Crippen LogP contribution in [0, 0.1) is 17.8 Å². The van der Waals surface area contributed by atoms with Gasteiger partial charge in [0.25, 0.3) is 5.91 Å². The Balaban J connectivity index is 1.95. The van der Waals surface area contributed by atoms with Crippen molar-refractivity contribution in [2.45, 2.75) is 39.6 Å². The number of alkyl halides is 3. The maximum absolute atomic E-state index is 13.4. The van der Waals surface area contributed by atoms with E-state index < -0.39 is 35.1 Å². The van der Waals surface area contributed by atoms with Crippen molar-refractivity contribution in [2.75, 3.05) is 6.61 Å². The van der Waals surface area contributed by atoms with Crippen molar-refractivity contribution in [3.05, 3.63) is 77.4 Å². The fourth-order valence-corrected chi connectivity index (χ4v) is 3.57. The van der Waals surface area contributed by atoms with Crippen LogP contribution in [-0.2, 0) is 22.3 Å². The quantitative estimate of drug-likeness (QED) is 0.318. The van der Waals surface area contributed by atoms with Gasteiger partial charge in [0, 0.05) is 5.39 Å². The van der Waals surface area contributed by atoms with Crippen LogP contribution in [0.4, 0.5) is 13.2 Å². The molecule has 1 unspecified atom stereocenters. The minimum absolute atomic E-state index is 0.0798. The molecule has 0 fully saturated rings. The van der Waals surface area contributed by atoms with Gasteiger partial charge in [-0.3, -0.25) is 4.79 Å². The van der Waals surface area contributed by atoms with Gasteiger partial charge in [-0.2, -0.15) is 13.2 Å². The Bertz CT molecular complexity index is 1290. The molecule has 3 rings (SSSR count). The Morgan fingerprint density at radius 2 is 1.69 bits per heavy atom. The summed E-state index contributed by atoms with van der Waals surface area (Å²) in [4.78, 5) is 25.9. The van der Waals surface area contributed by atoms with Gasteiger partial charge in [-0.1, -0.05) is 48.4 Å². The number of benzene rings is 3. The lowest BCUT2D eigenvalue weighted by atomic mass is 9.85. The van der Waals surface area contributed by atoms with Crippen LogP contribution in [0.15, 0.2) is 60.7 Å². The summed E-state index contributed by atoms with van der Waals surface area (Å²) < 4.78 is 49.7. The number of fused-ring (bicyclic) bond motifs is 1. The normalized spacial score (nSPS) is 12.5. The fourth-order valence-electron chi connectivity index (χ4n) is 3.57. The standard InChI is InChI=1S/C28H26F3NO4/c1-5-27(3,4)24(26(34)35-6-2)32-25(33)22-16-13-19-9-7-8-10-21(19)23(22)36-17-18-11-14-20(15-12-18)28(29,30)31/h1,7-16,24H,6,17H2,2-4H3,(H,32,33). The molecule has 36 heavy (non-hydrogen) atoms. The predicted molar refractivity (Wildman–Crippen MR) is 130 cm³/mol. The number of carbonyl (C=O) groups excluding carboxylic acids is 2. The van der Waals surface area contributed by atoms with Crippen LogP contribution in [-0.4, -0.2) is 24.5 Å². The summed E-state index contributed by atoms with van der Waals surface area (Å²) in [6, 6.07) is 14.0. The Morgan fingerprint density at radius 1 is 1.03 bits per heavy atom. The molecular formula is C28H26F3NO4. The molecule has 0 heterocycles. The summed E-state index contributed by atoms with van der Waals surface area (Å²) in [7, 11) is 0. The summed E-state index contributed by atoms with van der Waals surface area (Å²) in [5.74, 6) is 1.47. The molecular weight excluding hydrogens is 471 g/mol. The first-order valence-electron chi connectivity index (χ1n) is 11.2. The molecule has 0 saturated carbocycles. The van der Waals surface area contributed by atoms with E-state index in [9.17, 15) is 22.8 Å². The van der Waals surface area contributed by atoms with Gasteiger partial charge >= 0.3 is 12.1 Å². The largest absolute Gasteiger partial charge is 0.487 e. The molecule has 0 aliphatic carbocycles. The maximum atomic E-state index is 13.4. The van der Waals surface area contributed by atoms with Gasteiger partial charge in [-0.25, -0.2) is 4.79 Å². The van der Waals surface area contributed by atoms with Crippen molar-refractivity contribution >= 4 is 22.6 Å². The molecule has 0 aromatic heterocycles. The number of halogens is 3. The van der Waals surface area contributed by atoms with E-state index in [0.717, 1.165) is 17.5 Å². The number of amides is 1. The zero-order valence-electron chi connectivity index (χ0n) is 20.1. The van der Waals surface area contributed by atoms with E-state index in [1.54, 1.807) is 45.0 Å². The maximum Gasteiger partial charge on any atom is 0.416 e. The summed E-state index contributed by atoms with van der Waals surface area (Å²) in [6.45, 7) is 4.96. The van der Waals surface area contributed by atoms with E-state index >= 15 is 0 Å². The second-order valence-electron chi connectivity index (χ2n) is 8.67. The second kappa shape index (κ2) is 10.7. The van der Waals surface area contributed by atoms with Gasteiger partial charge in [-0.05, 0) is 49.9 Å². The first kappa shape index (κ1) is 26.6. The zero-order valence-corrected chi connectivity index (χ0v) is 20.1. The van der Waals surface area contributed by atoms with Gasteiger partial charge in [0.1, 0.15) is 18.4 Å². The van der Waals surface area contributed by atoms with Crippen LogP contribution in [0.25, 0.3) is 10.8 Å². The average Bonchev–Trinajstić information content (AvgIpc) is 2.85. The van der Waals surface area contributed by atoms with Gasteiger partial charge < -0.3 is 14.8 Å². The highest BCUT2D eigenvalue weighted by Gasteiger charge is 2.37. The van der Waals surface area contributed by atoms with E-state index in [4.69, 9.17) is 15.9 Å². The third kappa shape index (κ3) is 5.98. The monoisotopic (exact) mass is 497 g/mol. The van der Waals surface area contributed by atoms with Crippen molar-refractivity contribution < 1.29 is 32.2 Å².